The number of carbonyl (C=O) groups is 3. The topological polar surface area (TPSA) is 208 Å². The molecule has 1 aromatic rings. The number of fused-ring (bicyclic) bond motifs is 1. The van der Waals surface area contributed by atoms with Gasteiger partial charge in [0.1, 0.15) is 17.1 Å². The Hall–Kier alpha value is -2.07. The molecule has 3 N–H and O–H groups in total. The van der Waals surface area contributed by atoms with Crippen LogP contribution in [0.5, 0.6) is 0 Å². The normalized spacial score (nSPS) is 21.4. The number of rotatable bonds is 10. The Kier molecular flexibility index (Phi) is 8.26. The van der Waals surface area contributed by atoms with Gasteiger partial charge in [-0.3, -0.25) is 19.0 Å². The number of carboxylic acid groups (broad SMARTS) is 1. The summed E-state index contributed by atoms with van der Waals surface area (Å²) in [5, 5.41) is 21.3. The van der Waals surface area contributed by atoms with Crippen LogP contribution in [0.4, 0.5) is 13.2 Å². The highest BCUT2D eigenvalue weighted by Crippen LogP contribution is 2.41. The maximum Gasteiger partial charge on any atom is 0.433 e. The molecular formula is C14H15F3N6O8S4. The fourth-order valence-electron chi connectivity index (χ4n) is 3.08. The van der Waals surface area contributed by atoms with E-state index in [4.69, 9.17) is 4.55 Å². The second-order valence-electron chi connectivity index (χ2n) is 7.02. The van der Waals surface area contributed by atoms with Crippen molar-refractivity contribution < 1.29 is 50.2 Å². The number of thioether (sulfide) groups is 2. The van der Waals surface area contributed by atoms with Gasteiger partial charge >= 0.3 is 12.1 Å². The predicted octanol–water partition coefficient (Wildman–Crippen LogP) is -1.34. The molecule has 14 nitrogen and oxygen atoms in total. The number of amides is 2. The van der Waals surface area contributed by atoms with E-state index in [1.54, 1.807) is 0 Å². The lowest BCUT2D eigenvalue weighted by Gasteiger charge is -2.49. The monoisotopic (exact) mass is 580 g/mol. The zero-order chi connectivity index (χ0) is 26.1. The van der Waals surface area contributed by atoms with Crippen LogP contribution in [0.25, 0.3) is 0 Å². The van der Waals surface area contributed by atoms with Gasteiger partial charge < -0.3 is 15.0 Å². The molecule has 0 bridgehead atoms. The van der Waals surface area contributed by atoms with Crippen molar-refractivity contribution in [3.63, 3.8) is 0 Å². The first kappa shape index (κ1) is 27.5. The molecule has 0 saturated carbocycles. The third kappa shape index (κ3) is 7.00. The molecule has 2 aliphatic heterocycles. The molecule has 0 aliphatic carbocycles. The van der Waals surface area contributed by atoms with Crippen LogP contribution in [-0.4, -0.2) is 106 Å². The average molecular weight is 581 g/mol. The number of carboxylic acids is 1. The maximum absolute atomic E-state index is 12.6. The van der Waals surface area contributed by atoms with E-state index in [1.165, 1.54) is 0 Å². The summed E-state index contributed by atoms with van der Waals surface area (Å²) in [5.41, 5.74) is -0.110. The minimum Gasteiger partial charge on any atom is -0.616 e. The van der Waals surface area contributed by atoms with Gasteiger partial charge in [-0.2, -0.15) is 21.6 Å². The molecule has 35 heavy (non-hydrogen) atoms. The summed E-state index contributed by atoms with van der Waals surface area (Å²) in [6.07, 6.45) is -4.72. The van der Waals surface area contributed by atoms with Gasteiger partial charge in [-0.1, -0.05) is 11.8 Å². The second-order valence-corrected chi connectivity index (χ2v) is 11.9. The molecule has 2 amide bonds. The van der Waals surface area contributed by atoms with E-state index in [2.05, 4.69) is 20.8 Å². The van der Waals surface area contributed by atoms with Crippen molar-refractivity contribution in [2.75, 3.05) is 23.0 Å². The number of nitrogens with zero attached hydrogens (tertiary/aromatic N) is 5. The summed E-state index contributed by atoms with van der Waals surface area (Å²) in [6, 6.07) is -1.21. The van der Waals surface area contributed by atoms with Crippen LogP contribution in [0.15, 0.2) is 16.4 Å². The number of β-lactam (4-membered cyclic amide) rings is 1. The van der Waals surface area contributed by atoms with Gasteiger partial charge in [-0.05, 0) is 27.2 Å². The largest absolute Gasteiger partial charge is 0.616 e. The highest BCUT2D eigenvalue weighted by atomic mass is 32.2. The molecule has 0 aromatic carbocycles. The number of hydrogen-bond acceptors (Lipinski definition) is 11. The van der Waals surface area contributed by atoms with Crippen LogP contribution in [-0.2, 0) is 41.6 Å². The van der Waals surface area contributed by atoms with Crippen LogP contribution in [0, 0.1) is 0 Å². The molecule has 1 saturated heterocycles. The Labute approximate surface area is 206 Å². The molecule has 2 aliphatic rings. The summed E-state index contributed by atoms with van der Waals surface area (Å²) >= 11 is -0.589. The van der Waals surface area contributed by atoms with E-state index < -0.39 is 74.1 Å². The first-order chi connectivity index (χ1) is 16.2. The van der Waals surface area contributed by atoms with E-state index in [-0.39, 0.29) is 27.9 Å². The van der Waals surface area contributed by atoms with Crippen LogP contribution in [0.1, 0.15) is 0 Å². The van der Waals surface area contributed by atoms with E-state index >= 15 is 0 Å². The average Bonchev–Trinajstić information content (AvgIpc) is 3.13. The summed E-state index contributed by atoms with van der Waals surface area (Å²) < 4.78 is 80.1. The number of hydrogen-bond donors (Lipinski definition) is 3. The van der Waals surface area contributed by atoms with Crippen molar-refractivity contribution in [2.45, 2.75) is 28.6 Å². The first-order valence-electron chi connectivity index (χ1n) is 9.11. The number of alkyl halides is 3. The van der Waals surface area contributed by atoms with Gasteiger partial charge in [0.15, 0.2) is 11.6 Å². The minimum absolute atomic E-state index is 0.0427. The molecule has 2 unspecified atom stereocenters. The summed E-state index contributed by atoms with van der Waals surface area (Å²) in [7, 11) is -4.45. The highest BCUT2D eigenvalue weighted by molar-refractivity contribution is 8.01. The number of aliphatic carboxylic acids is 1. The fraction of sp³-hybridized carbons (Fsp3) is 0.571. The second kappa shape index (κ2) is 10.5. The highest BCUT2D eigenvalue weighted by Gasteiger charge is 2.54. The minimum atomic E-state index is -4.72. The van der Waals surface area contributed by atoms with Crippen LogP contribution in [0.2, 0.25) is 0 Å². The summed E-state index contributed by atoms with van der Waals surface area (Å²) in [4.78, 5) is 37.3. The van der Waals surface area contributed by atoms with E-state index in [9.17, 15) is 45.6 Å². The zero-order valence-electron chi connectivity index (χ0n) is 17.0. The SMILES string of the molecule is O=C(C[S+]([O-])CC(F)(F)F)NC1C(=O)N2C(C(=O)O)=C(CSc3nnnn3CS(=O)(=O)O)CS[C@H]12. The fourth-order valence-corrected chi connectivity index (χ4v) is 6.85. The number of tetrazole rings is 1. The quantitative estimate of drug-likeness (QED) is 0.127. The lowest BCUT2D eigenvalue weighted by Crippen LogP contribution is -2.71. The molecule has 3 rings (SSSR count). The third-order valence-corrected chi connectivity index (χ3v) is 8.53. The van der Waals surface area contributed by atoms with Crippen molar-refractivity contribution in [3.05, 3.63) is 11.3 Å². The lowest BCUT2D eigenvalue weighted by atomic mass is 10.0. The van der Waals surface area contributed by atoms with Crippen LogP contribution >= 0.6 is 23.5 Å². The van der Waals surface area contributed by atoms with Gasteiger partial charge in [0, 0.05) is 11.5 Å². The first-order valence-corrected chi connectivity index (χ1v) is 14.2. The van der Waals surface area contributed by atoms with Crippen molar-refractivity contribution in [2.24, 2.45) is 0 Å². The standard InChI is InChI=1S/C14H15F3N6O8S4/c15-14(16,17)4-34(28)3-7(24)18-8-10(25)23-9(12(26)27)6(1-32-11(8)23)2-33-13-19-20-21-22(13)5-35(29,30)31/h8,11H,1-5H2,(H,18,24)(H,26,27)(H,29,30,31)/t8?,11-,34?/m1/s1. The van der Waals surface area contributed by atoms with E-state index in [0.717, 1.165) is 33.1 Å². The predicted molar refractivity (Wildman–Crippen MR) is 114 cm³/mol. The van der Waals surface area contributed by atoms with Crippen molar-refractivity contribution in [1.29, 1.82) is 0 Å². The molecule has 194 valence electrons. The number of nitrogens with one attached hydrogen (secondary N) is 1. The lowest BCUT2D eigenvalue weighted by molar-refractivity contribution is -0.150. The molecule has 21 heteroatoms. The van der Waals surface area contributed by atoms with Gasteiger partial charge in [-0.25, -0.2) is 9.48 Å². The van der Waals surface area contributed by atoms with Crippen molar-refractivity contribution in [1.82, 2.24) is 30.4 Å². The molecular weight excluding hydrogens is 565 g/mol. The zero-order valence-corrected chi connectivity index (χ0v) is 20.3. The Morgan fingerprint density at radius 3 is 2.66 bits per heavy atom. The van der Waals surface area contributed by atoms with Gasteiger partial charge in [0.05, 0.1) is 0 Å². The Morgan fingerprint density at radius 2 is 2.06 bits per heavy atom. The number of carbonyl (C=O) groups excluding carboxylic acids is 2. The van der Waals surface area contributed by atoms with Crippen molar-refractivity contribution in [3.8, 4) is 0 Å². The molecule has 1 aromatic heterocycles. The molecule has 1 fully saturated rings. The molecule has 0 radical (unpaired) electrons. The van der Waals surface area contributed by atoms with Gasteiger partial charge in [0.25, 0.3) is 21.9 Å². The number of aromatic nitrogens is 4. The van der Waals surface area contributed by atoms with Crippen LogP contribution in [0.3, 0.4) is 0 Å². The van der Waals surface area contributed by atoms with Gasteiger partial charge in [0.2, 0.25) is 10.9 Å². The van der Waals surface area contributed by atoms with E-state index in [1.807, 2.05) is 0 Å². The molecule has 3 atom stereocenters. The molecule has 0 spiro atoms. The molecule has 3 heterocycles. The summed E-state index contributed by atoms with van der Waals surface area (Å²) in [5.74, 6) is -6.87. The van der Waals surface area contributed by atoms with Crippen LogP contribution < -0.4 is 5.32 Å². The number of halogens is 3. The summed E-state index contributed by atoms with van der Waals surface area (Å²) in [6.45, 7) is 0. The Bertz CT molecular complexity index is 1160. The van der Waals surface area contributed by atoms with Gasteiger partial charge in [-0.15, -0.1) is 16.9 Å². The Morgan fingerprint density at radius 1 is 1.37 bits per heavy atom. The smallest absolute Gasteiger partial charge is 0.433 e. The third-order valence-electron chi connectivity index (χ3n) is 4.34. The van der Waals surface area contributed by atoms with Crippen molar-refractivity contribution >= 4 is 62.6 Å². The van der Waals surface area contributed by atoms with E-state index in [0.29, 0.717) is 0 Å². The Balaban J connectivity index is 1.66. The maximum atomic E-state index is 12.6.